The lowest BCUT2D eigenvalue weighted by molar-refractivity contribution is 0.649. The zero-order chi connectivity index (χ0) is 26.8. The third kappa shape index (κ3) is 4.91. The fourth-order valence-electron chi connectivity index (χ4n) is 5.41. The Balaban J connectivity index is 1.34. The Hall–Kier alpha value is -4.78. The third-order valence-electron chi connectivity index (χ3n) is 7.42. The molecule has 7 nitrogen and oxygen atoms in total. The minimum absolute atomic E-state index is 0.533. The van der Waals surface area contributed by atoms with Crippen molar-refractivity contribution in [3.05, 3.63) is 109 Å². The summed E-state index contributed by atoms with van der Waals surface area (Å²) in [4.78, 5) is 17.3. The van der Waals surface area contributed by atoms with Crippen LogP contribution in [0.1, 0.15) is 42.6 Å². The summed E-state index contributed by atoms with van der Waals surface area (Å²) in [7, 11) is 0. The minimum atomic E-state index is 0.533. The number of hydrogen-bond acceptors (Lipinski definition) is 5. The van der Waals surface area contributed by atoms with Gasteiger partial charge in [0, 0.05) is 45.9 Å². The van der Waals surface area contributed by atoms with Gasteiger partial charge in [-0.25, -0.2) is 0 Å². The van der Waals surface area contributed by atoms with Crippen molar-refractivity contribution in [2.24, 2.45) is 5.92 Å². The number of nitrogens with zero attached hydrogens (tertiary/aromatic N) is 4. The summed E-state index contributed by atoms with van der Waals surface area (Å²) < 4.78 is 0. The lowest BCUT2D eigenvalue weighted by Crippen LogP contribution is -2.07. The topological polar surface area (TPSA) is 95.2 Å². The van der Waals surface area contributed by atoms with E-state index < -0.39 is 0 Å². The van der Waals surface area contributed by atoms with Crippen molar-refractivity contribution in [3.8, 4) is 22.6 Å². The first kappa shape index (κ1) is 24.6. The molecular formula is C32H31N7. The van der Waals surface area contributed by atoms with Gasteiger partial charge in [0.1, 0.15) is 5.69 Å². The quantitative estimate of drug-likeness (QED) is 0.187. The van der Waals surface area contributed by atoms with E-state index in [1.807, 2.05) is 42.9 Å². The number of fused-ring (bicyclic) bond motifs is 1. The Morgan fingerprint density at radius 3 is 2.74 bits per heavy atom. The van der Waals surface area contributed by atoms with Crippen molar-refractivity contribution in [1.82, 2.24) is 30.1 Å². The lowest BCUT2D eigenvalue weighted by Gasteiger charge is -2.15. The first-order chi connectivity index (χ1) is 19.1. The van der Waals surface area contributed by atoms with Gasteiger partial charge in [-0.3, -0.25) is 20.1 Å². The molecule has 0 unspecified atom stereocenters. The lowest BCUT2D eigenvalue weighted by atomic mass is 10.0. The van der Waals surface area contributed by atoms with Crippen LogP contribution >= 0.6 is 0 Å². The molecular weight excluding hydrogens is 482 g/mol. The number of rotatable bonds is 8. The van der Waals surface area contributed by atoms with E-state index in [-0.39, 0.29) is 0 Å². The van der Waals surface area contributed by atoms with Crippen LogP contribution < -0.4 is 5.32 Å². The van der Waals surface area contributed by atoms with Gasteiger partial charge in [0.2, 0.25) is 0 Å². The van der Waals surface area contributed by atoms with Crippen LogP contribution in [0, 0.1) is 12.8 Å². The molecule has 1 saturated carbocycles. The van der Waals surface area contributed by atoms with E-state index in [0.717, 1.165) is 67.5 Å². The number of nitrogens with one attached hydrogen (secondary N) is 3. The molecule has 3 N–H and O–H groups in total. The van der Waals surface area contributed by atoms with E-state index in [2.05, 4.69) is 68.7 Å². The van der Waals surface area contributed by atoms with Crippen molar-refractivity contribution in [3.63, 3.8) is 0 Å². The third-order valence-corrected chi connectivity index (χ3v) is 7.42. The Bertz CT molecular complexity index is 1680. The predicted octanol–water partition coefficient (Wildman–Crippen LogP) is 7.45. The van der Waals surface area contributed by atoms with Crippen LogP contribution in [-0.4, -0.2) is 30.1 Å². The number of allylic oxidation sites excluding steroid dienone is 3. The second-order valence-corrected chi connectivity index (χ2v) is 10.0. The summed E-state index contributed by atoms with van der Waals surface area (Å²) in [5.74, 6) is 0.533. The average molecular weight is 514 g/mol. The number of H-pyrrole nitrogens is 2. The number of pyridine rings is 3. The standard InChI is InChI=1S/C32H31N7/c1-4-9-25(28-12-7-8-13-34-28)26-15-30(37-21(26)3)32-27-16-29(35-19-31(27)38-39-32)23-14-24(18-33-17-23)36-20(2)22-10-5-6-11-22/h4,7-9,12-19,22,36-37H,1-2,5-6,10-11H2,3H3,(H,38,39)/b25-9+. The molecule has 0 bridgehead atoms. The molecule has 0 amide bonds. The molecule has 1 aliphatic rings. The van der Waals surface area contributed by atoms with E-state index in [0.29, 0.717) is 5.92 Å². The van der Waals surface area contributed by atoms with Gasteiger partial charge in [0.15, 0.2) is 0 Å². The summed E-state index contributed by atoms with van der Waals surface area (Å²) >= 11 is 0. The number of aromatic nitrogens is 6. The maximum Gasteiger partial charge on any atom is 0.116 e. The highest BCUT2D eigenvalue weighted by Gasteiger charge is 2.19. The van der Waals surface area contributed by atoms with E-state index >= 15 is 0 Å². The van der Waals surface area contributed by atoms with E-state index in [1.165, 1.54) is 25.7 Å². The molecule has 0 spiro atoms. The predicted molar refractivity (Wildman–Crippen MR) is 158 cm³/mol. The first-order valence-electron chi connectivity index (χ1n) is 13.3. The van der Waals surface area contributed by atoms with Crippen LogP contribution in [0.2, 0.25) is 0 Å². The highest BCUT2D eigenvalue weighted by molar-refractivity contribution is 5.95. The van der Waals surface area contributed by atoms with Gasteiger partial charge in [-0.1, -0.05) is 44.2 Å². The molecule has 0 aliphatic heterocycles. The summed E-state index contributed by atoms with van der Waals surface area (Å²) in [6.07, 6.45) is 16.0. The molecule has 7 heteroatoms. The monoisotopic (exact) mass is 513 g/mol. The fourth-order valence-corrected chi connectivity index (χ4v) is 5.41. The Kier molecular flexibility index (Phi) is 6.63. The summed E-state index contributed by atoms with van der Waals surface area (Å²) in [5.41, 5.74) is 10.4. The summed E-state index contributed by atoms with van der Waals surface area (Å²) in [6.45, 7) is 10.2. The van der Waals surface area contributed by atoms with Gasteiger partial charge >= 0.3 is 0 Å². The van der Waals surface area contributed by atoms with E-state index in [9.17, 15) is 0 Å². The van der Waals surface area contributed by atoms with Crippen LogP contribution in [0.3, 0.4) is 0 Å². The SMILES string of the molecule is C=C/C=C(/c1ccccn1)c1cc(-c2n[nH]c3cnc(-c4cncc(NC(=C)C5CCCC5)c4)cc23)[nH]c1C. The van der Waals surface area contributed by atoms with Gasteiger partial charge in [-0.05, 0) is 56.0 Å². The molecule has 194 valence electrons. The molecule has 5 aromatic heterocycles. The van der Waals surface area contributed by atoms with E-state index in [4.69, 9.17) is 4.98 Å². The highest BCUT2D eigenvalue weighted by atomic mass is 15.1. The maximum atomic E-state index is 4.70. The molecule has 5 heterocycles. The van der Waals surface area contributed by atoms with E-state index in [1.54, 1.807) is 12.3 Å². The van der Waals surface area contributed by atoms with Crippen molar-refractivity contribution in [2.75, 3.05) is 5.32 Å². The number of aromatic amines is 2. The minimum Gasteiger partial charge on any atom is -0.358 e. The van der Waals surface area contributed by atoms with Crippen LogP contribution in [0.15, 0.2) is 92.2 Å². The Morgan fingerprint density at radius 2 is 1.95 bits per heavy atom. The zero-order valence-corrected chi connectivity index (χ0v) is 22.0. The second kappa shape index (κ2) is 10.5. The van der Waals surface area contributed by atoms with Gasteiger partial charge in [0.25, 0.3) is 0 Å². The average Bonchev–Trinajstić information content (AvgIpc) is 3.72. The molecule has 6 rings (SSSR count). The highest BCUT2D eigenvalue weighted by Crippen LogP contribution is 2.34. The van der Waals surface area contributed by atoms with Crippen LogP contribution in [0.5, 0.6) is 0 Å². The number of anilines is 1. The fraction of sp³-hybridized carbons (Fsp3) is 0.188. The number of hydrogen-bond donors (Lipinski definition) is 3. The summed E-state index contributed by atoms with van der Waals surface area (Å²) in [6, 6.07) is 12.2. The molecule has 1 fully saturated rings. The molecule has 0 atom stereocenters. The molecule has 5 aromatic rings. The Morgan fingerprint density at radius 1 is 1.08 bits per heavy atom. The van der Waals surface area contributed by atoms with Gasteiger partial charge in [-0.2, -0.15) is 5.10 Å². The van der Waals surface area contributed by atoms with Crippen LogP contribution in [-0.2, 0) is 0 Å². The van der Waals surface area contributed by atoms with Crippen molar-refractivity contribution < 1.29 is 0 Å². The van der Waals surface area contributed by atoms with Crippen LogP contribution in [0.4, 0.5) is 5.69 Å². The molecule has 0 radical (unpaired) electrons. The molecule has 39 heavy (non-hydrogen) atoms. The van der Waals surface area contributed by atoms with Crippen molar-refractivity contribution >= 4 is 22.2 Å². The van der Waals surface area contributed by atoms with Crippen LogP contribution in [0.25, 0.3) is 39.1 Å². The molecule has 0 saturated heterocycles. The first-order valence-corrected chi connectivity index (χ1v) is 13.3. The van der Waals surface area contributed by atoms with Crippen molar-refractivity contribution in [2.45, 2.75) is 32.6 Å². The Labute approximate surface area is 227 Å². The zero-order valence-electron chi connectivity index (χ0n) is 22.0. The van der Waals surface area contributed by atoms with Gasteiger partial charge in [0.05, 0.1) is 40.7 Å². The van der Waals surface area contributed by atoms with Gasteiger partial charge in [-0.15, -0.1) is 0 Å². The van der Waals surface area contributed by atoms with Crippen molar-refractivity contribution in [1.29, 1.82) is 0 Å². The summed E-state index contributed by atoms with van der Waals surface area (Å²) in [5, 5.41) is 12.2. The largest absolute Gasteiger partial charge is 0.358 e. The number of aryl methyl sites for hydroxylation is 1. The van der Waals surface area contributed by atoms with Gasteiger partial charge < -0.3 is 10.3 Å². The molecule has 1 aliphatic carbocycles. The second-order valence-electron chi connectivity index (χ2n) is 10.0. The normalized spacial score (nSPS) is 14.1. The smallest absolute Gasteiger partial charge is 0.116 e. The maximum absolute atomic E-state index is 4.70. The molecule has 0 aromatic carbocycles.